The fourth-order valence-electron chi connectivity index (χ4n) is 5.61. The van der Waals surface area contributed by atoms with E-state index < -0.39 is 0 Å². The van der Waals surface area contributed by atoms with Crippen molar-refractivity contribution < 1.29 is 27.4 Å². The fraction of sp³-hybridized carbons (Fsp3) is 0.353. The van der Waals surface area contributed by atoms with Crippen LogP contribution < -0.4 is 10.6 Å². The SMILES string of the molecule is CCN(CC)CCN=C1Nc2cccc3cccc1c23.CCN(CC)CCN=C1Nc2cccc3cccc1c23.Cl.Cl.Cl.Cl.O.O.O.O.O. The number of amidine groups is 2. The summed E-state index contributed by atoms with van der Waals surface area (Å²) in [4.78, 5) is 14.3. The molecule has 2 aliphatic heterocycles. The lowest BCUT2D eigenvalue weighted by molar-refractivity contribution is 0.313. The maximum atomic E-state index is 4.76. The smallest absolute Gasteiger partial charge is 0.133 e. The van der Waals surface area contributed by atoms with E-state index in [1.54, 1.807) is 0 Å². The molecule has 0 fully saturated rings. The Kier molecular flexibility index (Phi) is 30.7. The summed E-state index contributed by atoms with van der Waals surface area (Å²) in [5.74, 6) is 2.04. The van der Waals surface area contributed by atoms with Crippen LogP contribution >= 0.6 is 49.6 Å². The van der Waals surface area contributed by atoms with Crippen LogP contribution in [0.5, 0.6) is 0 Å². The Labute approximate surface area is 314 Å². The first-order chi connectivity index (χ1) is 19.7. The Bertz CT molecular complexity index is 1430. The first-order valence-electron chi connectivity index (χ1n) is 14.8. The highest BCUT2D eigenvalue weighted by Gasteiger charge is 2.19. The molecule has 0 saturated carbocycles. The largest absolute Gasteiger partial charge is 0.412 e. The van der Waals surface area contributed by atoms with Crippen LogP contribution in [0.1, 0.15) is 38.8 Å². The Morgan fingerprint density at radius 3 is 1.08 bits per heavy atom. The van der Waals surface area contributed by atoms with Gasteiger partial charge in [-0.2, -0.15) is 0 Å². The molecule has 0 radical (unpaired) electrons. The van der Waals surface area contributed by atoms with E-state index in [9.17, 15) is 0 Å². The molecular weight excluding hydrogens is 714 g/mol. The predicted molar refractivity (Wildman–Crippen MR) is 221 cm³/mol. The van der Waals surface area contributed by atoms with Gasteiger partial charge in [-0.25, -0.2) is 0 Å². The highest BCUT2D eigenvalue weighted by Crippen LogP contribution is 2.34. The van der Waals surface area contributed by atoms with E-state index in [4.69, 9.17) is 9.98 Å². The molecule has 12 N–H and O–H groups in total. The number of nitrogens with zero attached hydrogens (tertiary/aromatic N) is 4. The molecule has 0 bridgehead atoms. The summed E-state index contributed by atoms with van der Waals surface area (Å²) in [7, 11) is 0. The van der Waals surface area contributed by atoms with Gasteiger partial charge in [-0.15, -0.1) is 49.6 Å². The van der Waals surface area contributed by atoms with Crippen molar-refractivity contribution in [1.29, 1.82) is 0 Å². The predicted octanol–water partition coefficient (Wildman–Crippen LogP) is 4.27. The van der Waals surface area contributed by atoms with Gasteiger partial charge in [0.15, 0.2) is 0 Å². The molecule has 4 aromatic rings. The average molecular weight is 771 g/mol. The molecule has 2 heterocycles. The normalized spacial score (nSPS) is 12.4. The van der Waals surface area contributed by atoms with Gasteiger partial charge in [0.25, 0.3) is 0 Å². The number of rotatable bonds is 10. The summed E-state index contributed by atoms with van der Waals surface area (Å²) < 4.78 is 0. The summed E-state index contributed by atoms with van der Waals surface area (Å²) in [5.41, 5.74) is 4.83. The van der Waals surface area contributed by atoms with Crippen molar-refractivity contribution in [2.75, 3.05) is 63.0 Å². The Morgan fingerprint density at radius 2 is 0.776 bits per heavy atom. The first kappa shape index (κ1) is 55.6. The van der Waals surface area contributed by atoms with Crippen LogP contribution in [0.2, 0.25) is 0 Å². The molecule has 11 nitrogen and oxygen atoms in total. The second kappa shape index (κ2) is 27.0. The molecule has 0 spiro atoms. The monoisotopic (exact) mass is 768 g/mol. The van der Waals surface area contributed by atoms with Crippen LogP contribution in [0.25, 0.3) is 21.5 Å². The van der Waals surface area contributed by atoms with E-state index in [-0.39, 0.29) is 77.0 Å². The second-order valence-electron chi connectivity index (χ2n) is 10.2. The number of benzene rings is 4. The molecule has 0 aromatic heterocycles. The Balaban J connectivity index is -0.000000223. The number of aliphatic imine (C=N–C) groups is 2. The maximum Gasteiger partial charge on any atom is 0.133 e. The molecule has 0 atom stereocenters. The number of likely N-dealkylation sites (N-methyl/N-ethyl adjacent to an activating group) is 2. The van der Waals surface area contributed by atoms with Crippen molar-refractivity contribution in [2.24, 2.45) is 9.98 Å². The lowest BCUT2D eigenvalue weighted by atomic mass is 10.1. The van der Waals surface area contributed by atoms with Gasteiger partial charge in [-0.1, -0.05) is 88.4 Å². The van der Waals surface area contributed by atoms with E-state index in [1.165, 1.54) is 44.0 Å². The number of hydrogen-bond acceptors (Lipinski definition) is 4. The molecule has 0 unspecified atom stereocenters. The summed E-state index contributed by atoms with van der Waals surface area (Å²) in [6.45, 7) is 16.9. The molecular formula is C34H56Cl4N6O5. The maximum absolute atomic E-state index is 4.76. The van der Waals surface area contributed by atoms with Gasteiger partial charge >= 0.3 is 0 Å². The highest BCUT2D eigenvalue weighted by atomic mass is 35.5. The van der Waals surface area contributed by atoms with Crippen LogP contribution in [0, 0.1) is 0 Å². The van der Waals surface area contributed by atoms with Gasteiger partial charge in [0.05, 0.1) is 13.1 Å². The molecule has 280 valence electrons. The standard InChI is InChI=1S/2C17H21N3.4ClH.5H2O/c2*1-3-20(4-2)12-11-18-17-14-9-5-7-13-8-6-10-15(19-17)16(13)14;;;;;;;;;/h2*5-10H,3-4,11-12H2,1-2H3,(H,18,19);4*1H;5*1H2. The van der Waals surface area contributed by atoms with Crippen LogP contribution in [-0.4, -0.2) is 101 Å². The zero-order chi connectivity index (χ0) is 27.9. The van der Waals surface area contributed by atoms with Gasteiger partial charge in [0.2, 0.25) is 0 Å². The summed E-state index contributed by atoms with van der Waals surface area (Å²) >= 11 is 0. The van der Waals surface area contributed by atoms with Gasteiger partial charge in [-0.05, 0) is 49.1 Å². The minimum absolute atomic E-state index is 0. The topological polar surface area (TPSA) is 213 Å². The summed E-state index contributed by atoms with van der Waals surface area (Å²) in [5, 5.41) is 12.1. The number of anilines is 2. The van der Waals surface area contributed by atoms with Crippen molar-refractivity contribution in [1.82, 2.24) is 9.80 Å². The quantitative estimate of drug-likeness (QED) is 0.242. The van der Waals surface area contributed by atoms with E-state index in [0.29, 0.717) is 0 Å². The minimum atomic E-state index is 0. The number of nitrogens with one attached hydrogen (secondary N) is 2. The number of halogens is 4. The highest BCUT2D eigenvalue weighted by molar-refractivity contribution is 6.26. The van der Waals surface area contributed by atoms with E-state index >= 15 is 0 Å². The Morgan fingerprint density at radius 1 is 0.469 bits per heavy atom. The van der Waals surface area contributed by atoms with Gasteiger partial charge in [0, 0.05) is 46.4 Å². The van der Waals surface area contributed by atoms with Crippen molar-refractivity contribution in [3.63, 3.8) is 0 Å². The zero-order valence-electron chi connectivity index (χ0n) is 28.5. The average Bonchev–Trinajstić information content (AvgIpc) is 3.54. The first-order valence-corrected chi connectivity index (χ1v) is 14.8. The lowest BCUT2D eigenvalue weighted by Gasteiger charge is -2.16. The van der Waals surface area contributed by atoms with Gasteiger partial charge in [-0.3, -0.25) is 9.98 Å². The van der Waals surface area contributed by atoms with Crippen LogP contribution in [0.3, 0.4) is 0 Å². The van der Waals surface area contributed by atoms with E-state index in [2.05, 4.69) is 121 Å². The third-order valence-corrected chi connectivity index (χ3v) is 7.99. The molecule has 2 aliphatic rings. The second-order valence-corrected chi connectivity index (χ2v) is 10.2. The van der Waals surface area contributed by atoms with Crippen molar-refractivity contribution in [2.45, 2.75) is 27.7 Å². The fourth-order valence-corrected chi connectivity index (χ4v) is 5.61. The summed E-state index contributed by atoms with van der Waals surface area (Å²) in [6.07, 6.45) is 0. The van der Waals surface area contributed by atoms with Gasteiger partial charge in [0.1, 0.15) is 11.7 Å². The summed E-state index contributed by atoms with van der Waals surface area (Å²) in [6, 6.07) is 25.6. The van der Waals surface area contributed by atoms with Crippen LogP contribution in [0.4, 0.5) is 11.4 Å². The molecule has 6 rings (SSSR count). The Hall–Kier alpha value is -2.78. The molecule has 15 heteroatoms. The molecule has 4 aromatic carbocycles. The van der Waals surface area contributed by atoms with Crippen molar-refractivity contribution in [3.8, 4) is 0 Å². The lowest BCUT2D eigenvalue weighted by Crippen LogP contribution is -2.26. The number of hydrogen-bond donors (Lipinski definition) is 2. The zero-order valence-corrected chi connectivity index (χ0v) is 31.8. The third-order valence-electron chi connectivity index (χ3n) is 7.99. The minimum Gasteiger partial charge on any atom is -0.412 e. The van der Waals surface area contributed by atoms with Gasteiger partial charge < -0.3 is 47.8 Å². The van der Waals surface area contributed by atoms with Crippen molar-refractivity contribution in [3.05, 3.63) is 83.9 Å². The molecule has 0 saturated heterocycles. The molecule has 0 aliphatic carbocycles. The molecule has 49 heavy (non-hydrogen) atoms. The molecule has 0 amide bonds. The third kappa shape index (κ3) is 12.8. The van der Waals surface area contributed by atoms with Crippen molar-refractivity contribution >= 4 is 94.2 Å². The van der Waals surface area contributed by atoms with E-state index in [1.807, 2.05) is 0 Å². The van der Waals surface area contributed by atoms with Crippen LogP contribution in [0.15, 0.2) is 82.8 Å². The van der Waals surface area contributed by atoms with E-state index in [0.717, 1.165) is 64.0 Å². The van der Waals surface area contributed by atoms with Crippen LogP contribution in [-0.2, 0) is 0 Å².